The van der Waals surface area contributed by atoms with E-state index in [-0.39, 0.29) is 6.10 Å². The Balaban J connectivity index is 2.09. The molecule has 0 aliphatic carbocycles. The molecule has 4 heteroatoms. The van der Waals surface area contributed by atoms with Crippen molar-refractivity contribution in [1.29, 1.82) is 0 Å². The first-order valence-electron chi connectivity index (χ1n) is 5.60. The summed E-state index contributed by atoms with van der Waals surface area (Å²) in [6.07, 6.45) is 0.343. The van der Waals surface area contributed by atoms with Gasteiger partial charge in [-0.1, -0.05) is 5.16 Å². The molecule has 1 aromatic carbocycles. The highest BCUT2D eigenvalue weighted by atomic mass is 16.7. The molecule has 92 valence electrons. The SMILES string of the molecule is COc1ccc(C2=NOC(C(C)(C)O)C2)cc1. The number of nitrogens with zero attached hydrogens (tertiary/aromatic N) is 1. The number of rotatable bonds is 3. The lowest BCUT2D eigenvalue weighted by atomic mass is 9.95. The third-order valence-corrected chi connectivity index (χ3v) is 2.88. The number of methoxy groups -OCH3 is 1. The summed E-state index contributed by atoms with van der Waals surface area (Å²) in [6, 6.07) is 7.64. The predicted molar refractivity (Wildman–Crippen MR) is 65.3 cm³/mol. The Labute approximate surface area is 101 Å². The number of oxime groups is 1. The van der Waals surface area contributed by atoms with Crippen LogP contribution in [0.1, 0.15) is 25.8 Å². The Morgan fingerprint density at radius 2 is 2.00 bits per heavy atom. The van der Waals surface area contributed by atoms with E-state index in [1.165, 1.54) is 0 Å². The molecule has 2 rings (SSSR count). The quantitative estimate of drug-likeness (QED) is 0.871. The zero-order valence-electron chi connectivity index (χ0n) is 10.3. The van der Waals surface area contributed by atoms with Crippen molar-refractivity contribution in [3.05, 3.63) is 29.8 Å². The van der Waals surface area contributed by atoms with Gasteiger partial charge in [-0.15, -0.1) is 0 Å². The molecule has 17 heavy (non-hydrogen) atoms. The van der Waals surface area contributed by atoms with E-state index in [1.54, 1.807) is 21.0 Å². The smallest absolute Gasteiger partial charge is 0.161 e. The summed E-state index contributed by atoms with van der Waals surface area (Å²) in [5, 5.41) is 13.9. The molecular weight excluding hydrogens is 218 g/mol. The van der Waals surface area contributed by atoms with Crippen molar-refractivity contribution in [2.24, 2.45) is 5.16 Å². The van der Waals surface area contributed by atoms with Crippen molar-refractivity contribution in [2.75, 3.05) is 7.11 Å². The average Bonchev–Trinajstić information content (AvgIpc) is 2.78. The van der Waals surface area contributed by atoms with Crippen molar-refractivity contribution < 1.29 is 14.7 Å². The highest BCUT2D eigenvalue weighted by molar-refractivity contribution is 6.01. The van der Waals surface area contributed by atoms with Crippen molar-refractivity contribution in [1.82, 2.24) is 0 Å². The topological polar surface area (TPSA) is 51.0 Å². The molecule has 0 fully saturated rings. The predicted octanol–water partition coefficient (Wildman–Crippen LogP) is 1.96. The summed E-state index contributed by atoms with van der Waals surface area (Å²) < 4.78 is 5.10. The lowest BCUT2D eigenvalue weighted by Gasteiger charge is -2.22. The van der Waals surface area contributed by atoms with E-state index in [1.807, 2.05) is 24.3 Å². The van der Waals surface area contributed by atoms with Gasteiger partial charge in [0.25, 0.3) is 0 Å². The van der Waals surface area contributed by atoms with Crippen LogP contribution in [0.5, 0.6) is 5.75 Å². The van der Waals surface area contributed by atoms with Gasteiger partial charge in [0.1, 0.15) is 5.75 Å². The lowest BCUT2D eigenvalue weighted by Crippen LogP contribution is -2.35. The fourth-order valence-electron chi connectivity index (χ4n) is 1.71. The largest absolute Gasteiger partial charge is 0.497 e. The van der Waals surface area contributed by atoms with Crippen molar-refractivity contribution in [3.8, 4) is 5.75 Å². The van der Waals surface area contributed by atoms with Gasteiger partial charge in [0, 0.05) is 6.42 Å². The Morgan fingerprint density at radius 1 is 1.35 bits per heavy atom. The molecule has 0 amide bonds. The number of benzene rings is 1. The highest BCUT2D eigenvalue weighted by Gasteiger charge is 2.34. The van der Waals surface area contributed by atoms with E-state index >= 15 is 0 Å². The second kappa shape index (κ2) is 4.37. The van der Waals surface area contributed by atoms with Crippen LogP contribution in [0.25, 0.3) is 0 Å². The molecule has 1 N–H and O–H groups in total. The molecule has 0 aromatic heterocycles. The third-order valence-electron chi connectivity index (χ3n) is 2.88. The minimum Gasteiger partial charge on any atom is -0.497 e. The molecular formula is C13H17NO3. The minimum atomic E-state index is -0.877. The van der Waals surface area contributed by atoms with E-state index in [9.17, 15) is 5.11 Å². The van der Waals surface area contributed by atoms with E-state index < -0.39 is 5.60 Å². The van der Waals surface area contributed by atoms with E-state index in [2.05, 4.69) is 5.16 Å². The van der Waals surface area contributed by atoms with Gasteiger partial charge in [-0.2, -0.15) is 0 Å². The second-order valence-corrected chi connectivity index (χ2v) is 4.72. The zero-order valence-corrected chi connectivity index (χ0v) is 10.3. The normalized spacial score (nSPS) is 19.8. The van der Waals surface area contributed by atoms with Gasteiger partial charge in [0.2, 0.25) is 0 Å². The first-order valence-corrected chi connectivity index (χ1v) is 5.60. The molecule has 1 aliphatic heterocycles. The first-order chi connectivity index (χ1) is 8.00. The molecule has 0 spiro atoms. The van der Waals surface area contributed by atoms with Gasteiger partial charge in [-0.3, -0.25) is 0 Å². The summed E-state index contributed by atoms with van der Waals surface area (Å²) in [7, 11) is 1.63. The second-order valence-electron chi connectivity index (χ2n) is 4.72. The van der Waals surface area contributed by atoms with Gasteiger partial charge in [0.05, 0.1) is 18.4 Å². The number of hydrogen-bond donors (Lipinski definition) is 1. The molecule has 0 saturated carbocycles. The summed E-state index contributed by atoms with van der Waals surface area (Å²) in [5.74, 6) is 0.812. The van der Waals surface area contributed by atoms with Crippen LogP contribution >= 0.6 is 0 Å². The number of ether oxygens (including phenoxy) is 1. The highest BCUT2D eigenvalue weighted by Crippen LogP contribution is 2.25. The lowest BCUT2D eigenvalue weighted by molar-refractivity contribution is -0.0719. The fourth-order valence-corrected chi connectivity index (χ4v) is 1.71. The van der Waals surface area contributed by atoms with Crippen LogP contribution in [0.15, 0.2) is 29.4 Å². The first kappa shape index (κ1) is 11.9. The van der Waals surface area contributed by atoms with Crippen molar-refractivity contribution in [2.45, 2.75) is 32.0 Å². The van der Waals surface area contributed by atoms with Crippen LogP contribution in [0.4, 0.5) is 0 Å². The van der Waals surface area contributed by atoms with E-state index in [0.717, 1.165) is 17.0 Å². The van der Waals surface area contributed by atoms with Crippen LogP contribution in [0, 0.1) is 0 Å². The molecule has 1 aromatic rings. The van der Waals surface area contributed by atoms with Gasteiger partial charge in [-0.05, 0) is 43.7 Å². The molecule has 4 nitrogen and oxygen atoms in total. The molecule has 0 radical (unpaired) electrons. The molecule has 0 saturated heterocycles. The van der Waals surface area contributed by atoms with Crippen LogP contribution < -0.4 is 4.74 Å². The maximum absolute atomic E-state index is 9.85. The third kappa shape index (κ3) is 2.58. The van der Waals surface area contributed by atoms with Crippen LogP contribution in [-0.4, -0.2) is 29.6 Å². The number of aliphatic hydroxyl groups is 1. The zero-order chi connectivity index (χ0) is 12.5. The minimum absolute atomic E-state index is 0.278. The molecule has 1 atom stereocenters. The van der Waals surface area contributed by atoms with Crippen LogP contribution in [0.2, 0.25) is 0 Å². The van der Waals surface area contributed by atoms with Gasteiger partial charge < -0.3 is 14.7 Å². The van der Waals surface area contributed by atoms with Crippen molar-refractivity contribution in [3.63, 3.8) is 0 Å². The molecule has 1 aliphatic rings. The van der Waals surface area contributed by atoms with Gasteiger partial charge in [-0.25, -0.2) is 0 Å². The molecule has 0 bridgehead atoms. The van der Waals surface area contributed by atoms with E-state index in [0.29, 0.717) is 6.42 Å². The van der Waals surface area contributed by atoms with Crippen molar-refractivity contribution >= 4 is 5.71 Å². The monoisotopic (exact) mass is 235 g/mol. The summed E-state index contributed by atoms with van der Waals surface area (Å²) in [6.45, 7) is 3.45. The van der Waals surface area contributed by atoms with E-state index in [4.69, 9.17) is 9.57 Å². The standard InChI is InChI=1S/C13H17NO3/c1-13(2,15)12-8-11(14-17-12)9-4-6-10(16-3)7-5-9/h4-7,12,15H,8H2,1-3H3. The molecule has 1 heterocycles. The Hall–Kier alpha value is -1.55. The Morgan fingerprint density at radius 3 is 2.47 bits per heavy atom. The average molecular weight is 235 g/mol. The maximum Gasteiger partial charge on any atom is 0.161 e. The summed E-state index contributed by atoms with van der Waals surface area (Å²) in [5.41, 5.74) is 0.981. The van der Waals surface area contributed by atoms with Crippen LogP contribution in [-0.2, 0) is 4.84 Å². The molecule has 1 unspecified atom stereocenters. The van der Waals surface area contributed by atoms with Gasteiger partial charge in [0.15, 0.2) is 6.10 Å². The van der Waals surface area contributed by atoms with Crippen LogP contribution in [0.3, 0.4) is 0 Å². The maximum atomic E-state index is 9.85. The Kier molecular flexibility index (Phi) is 3.07. The van der Waals surface area contributed by atoms with Gasteiger partial charge >= 0.3 is 0 Å². The summed E-state index contributed by atoms with van der Waals surface area (Å²) >= 11 is 0. The summed E-state index contributed by atoms with van der Waals surface area (Å²) in [4.78, 5) is 5.25. The number of hydrogen-bond acceptors (Lipinski definition) is 4. The Bertz CT molecular complexity index is 417. The fraction of sp³-hybridized carbons (Fsp3) is 0.462.